The molecule has 0 aromatic rings. The third kappa shape index (κ3) is 4.30. The standard InChI is InChI=1S/C14H27NO2/c1-4-6-12-7-5-8-13(10-9-12)15(3)11(2)14(16)17/h11-13H,4-10H2,1-3H3,(H,16,17). The second-order valence-corrected chi connectivity index (χ2v) is 5.50. The predicted molar refractivity (Wildman–Crippen MR) is 70.1 cm³/mol. The minimum atomic E-state index is -0.707. The molecule has 0 aliphatic heterocycles. The third-order valence-electron chi connectivity index (χ3n) is 4.30. The lowest BCUT2D eigenvalue weighted by atomic mass is 9.95. The van der Waals surface area contributed by atoms with Gasteiger partial charge in [-0.2, -0.15) is 0 Å². The Morgan fingerprint density at radius 3 is 2.65 bits per heavy atom. The molecule has 1 saturated carbocycles. The maximum Gasteiger partial charge on any atom is 0.320 e. The Morgan fingerprint density at radius 1 is 1.35 bits per heavy atom. The molecule has 1 N–H and O–H groups in total. The van der Waals surface area contributed by atoms with Crippen molar-refractivity contribution < 1.29 is 9.90 Å². The lowest BCUT2D eigenvalue weighted by Crippen LogP contribution is -2.42. The molecule has 0 aromatic heterocycles. The minimum absolute atomic E-state index is 0.359. The van der Waals surface area contributed by atoms with Crippen molar-refractivity contribution in [2.45, 2.75) is 70.9 Å². The van der Waals surface area contributed by atoms with E-state index in [4.69, 9.17) is 5.11 Å². The van der Waals surface area contributed by atoms with E-state index in [1.807, 2.05) is 7.05 Å². The first-order valence-electron chi connectivity index (χ1n) is 7.01. The summed E-state index contributed by atoms with van der Waals surface area (Å²) in [5.74, 6) is 0.167. The van der Waals surface area contributed by atoms with Gasteiger partial charge in [-0.25, -0.2) is 0 Å². The quantitative estimate of drug-likeness (QED) is 0.752. The summed E-state index contributed by atoms with van der Waals surface area (Å²) in [5.41, 5.74) is 0. The zero-order chi connectivity index (χ0) is 12.8. The van der Waals surface area contributed by atoms with Gasteiger partial charge < -0.3 is 5.11 Å². The Bertz CT molecular complexity index is 242. The molecule has 3 unspecified atom stereocenters. The van der Waals surface area contributed by atoms with Crippen molar-refractivity contribution in [3.8, 4) is 0 Å². The second kappa shape index (κ2) is 7.00. The first kappa shape index (κ1) is 14.5. The highest BCUT2D eigenvalue weighted by Gasteiger charge is 2.26. The molecule has 0 radical (unpaired) electrons. The number of carboxylic acid groups (broad SMARTS) is 1. The summed E-state index contributed by atoms with van der Waals surface area (Å²) in [6.45, 7) is 4.04. The summed E-state index contributed by atoms with van der Waals surface area (Å²) in [5, 5.41) is 9.05. The lowest BCUT2D eigenvalue weighted by molar-refractivity contribution is -0.143. The van der Waals surface area contributed by atoms with Crippen LogP contribution in [-0.4, -0.2) is 35.1 Å². The lowest BCUT2D eigenvalue weighted by Gasteiger charge is -2.30. The molecule has 0 saturated heterocycles. The average Bonchev–Trinajstić information content (AvgIpc) is 2.53. The molecule has 1 fully saturated rings. The van der Waals surface area contributed by atoms with Crippen LogP contribution in [0.5, 0.6) is 0 Å². The summed E-state index contributed by atoms with van der Waals surface area (Å²) < 4.78 is 0. The summed E-state index contributed by atoms with van der Waals surface area (Å²) in [6, 6.07) is 0.102. The maximum atomic E-state index is 11.0. The van der Waals surface area contributed by atoms with Gasteiger partial charge in [-0.1, -0.05) is 32.6 Å². The fourth-order valence-corrected chi connectivity index (χ4v) is 2.95. The van der Waals surface area contributed by atoms with E-state index in [0.29, 0.717) is 6.04 Å². The van der Waals surface area contributed by atoms with E-state index in [0.717, 1.165) is 12.3 Å². The Balaban J connectivity index is 2.47. The third-order valence-corrected chi connectivity index (χ3v) is 4.30. The van der Waals surface area contributed by atoms with Crippen LogP contribution in [0.4, 0.5) is 0 Å². The van der Waals surface area contributed by atoms with Crippen molar-refractivity contribution in [1.29, 1.82) is 0 Å². The van der Waals surface area contributed by atoms with Gasteiger partial charge in [0.2, 0.25) is 0 Å². The highest BCUT2D eigenvalue weighted by molar-refractivity contribution is 5.72. The monoisotopic (exact) mass is 241 g/mol. The van der Waals surface area contributed by atoms with Gasteiger partial charge >= 0.3 is 5.97 Å². The normalized spacial score (nSPS) is 27.8. The Kier molecular flexibility index (Phi) is 5.96. The van der Waals surface area contributed by atoms with Crippen LogP contribution >= 0.6 is 0 Å². The van der Waals surface area contributed by atoms with E-state index in [1.54, 1.807) is 6.92 Å². The van der Waals surface area contributed by atoms with Crippen LogP contribution in [0.15, 0.2) is 0 Å². The zero-order valence-corrected chi connectivity index (χ0v) is 11.5. The van der Waals surface area contributed by atoms with Crippen LogP contribution in [-0.2, 0) is 4.79 Å². The molecule has 1 aliphatic rings. The number of nitrogens with zero attached hydrogens (tertiary/aromatic N) is 1. The largest absolute Gasteiger partial charge is 0.480 e. The van der Waals surface area contributed by atoms with Gasteiger partial charge in [0.25, 0.3) is 0 Å². The van der Waals surface area contributed by atoms with Crippen molar-refractivity contribution >= 4 is 5.97 Å². The van der Waals surface area contributed by atoms with Gasteiger partial charge in [-0.15, -0.1) is 0 Å². The van der Waals surface area contributed by atoms with Crippen molar-refractivity contribution in [3.05, 3.63) is 0 Å². The topological polar surface area (TPSA) is 40.5 Å². The summed E-state index contributed by atoms with van der Waals surface area (Å²) in [6.07, 6.45) is 8.80. The van der Waals surface area contributed by atoms with Crippen LogP contribution < -0.4 is 0 Å². The number of aliphatic carboxylic acids is 1. The van der Waals surface area contributed by atoms with Crippen LogP contribution in [0, 0.1) is 5.92 Å². The van der Waals surface area contributed by atoms with Crippen LogP contribution in [0.25, 0.3) is 0 Å². The van der Waals surface area contributed by atoms with E-state index < -0.39 is 5.97 Å². The highest BCUT2D eigenvalue weighted by Crippen LogP contribution is 2.29. The maximum absolute atomic E-state index is 11.0. The van der Waals surface area contributed by atoms with Gasteiger partial charge in [-0.05, 0) is 39.2 Å². The second-order valence-electron chi connectivity index (χ2n) is 5.50. The van der Waals surface area contributed by atoms with Crippen molar-refractivity contribution in [3.63, 3.8) is 0 Å². The number of carbonyl (C=O) groups is 1. The number of rotatable bonds is 5. The van der Waals surface area contributed by atoms with Crippen molar-refractivity contribution in [1.82, 2.24) is 4.90 Å². The Morgan fingerprint density at radius 2 is 2.06 bits per heavy atom. The van der Waals surface area contributed by atoms with Crippen molar-refractivity contribution in [2.24, 2.45) is 5.92 Å². The molecule has 0 bridgehead atoms. The molecule has 17 heavy (non-hydrogen) atoms. The molecule has 100 valence electrons. The highest BCUT2D eigenvalue weighted by atomic mass is 16.4. The first-order valence-corrected chi connectivity index (χ1v) is 7.01. The van der Waals surface area contributed by atoms with Gasteiger partial charge in [0.05, 0.1) is 0 Å². The van der Waals surface area contributed by atoms with E-state index >= 15 is 0 Å². The molecule has 0 amide bonds. The van der Waals surface area contributed by atoms with Crippen LogP contribution in [0.1, 0.15) is 58.8 Å². The number of carboxylic acids is 1. The fourth-order valence-electron chi connectivity index (χ4n) is 2.95. The molecule has 0 spiro atoms. The van der Waals surface area contributed by atoms with Crippen molar-refractivity contribution in [2.75, 3.05) is 7.05 Å². The molecule has 3 atom stereocenters. The summed E-state index contributed by atoms with van der Waals surface area (Å²) in [4.78, 5) is 13.0. The van der Waals surface area contributed by atoms with Crippen LogP contribution in [0.3, 0.4) is 0 Å². The molecule has 0 heterocycles. The number of hydrogen-bond donors (Lipinski definition) is 1. The molecule has 1 aliphatic carbocycles. The van der Waals surface area contributed by atoms with Gasteiger partial charge in [0.1, 0.15) is 6.04 Å². The number of hydrogen-bond acceptors (Lipinski definition) is 2. The van der Waals surface area contributed by atoms with E-state index in [2.05, 4.69) is 11.8 Å². The molecule has 1 rings (SSSR count). The number of likely N-dealkylation sites (N-methyl/N-ethyl adjacent to an activating group) is 1. The molecular weight excluding hydrogens is 214 g/mol. The Hall–Kier alpha value is -0.570. The molecule has 3 heteroatoms. The van der Waals surface area contributed by atoms with Gasteiger partial charge in [0.15, 0.2) is 0 Å². The van der Waals surface area contributed by atoms with Crippen LogP contribution in [0.2, 0.25) is 0 Å². The van der Waals surface area contributed by atoms with Gasteiger partial charge in [0, 0.05) is 6.04 Å². The smallest absolute Gasteiger partial charge is 0.320 e. The SMILES string of the molecule is CCCC1CCCC(N(C)C(C)C(=O)O)CC1. The minimum Gasteiger partial charge on any atom is -0.480 e. The first-order chi connectivity index (χ1) is 8.06. The summed E-state index contributed by atoms with van der Waals surface area (Å²) >= 11 is 0. The van der Waals surface area contributed by atoms with E-state index in [-0.39, 0.29) is 6.04 Å². The Labute approximate surface area is 105 Å². The molecule has 3 nitrogen and oxygen atoms in total. The summed E-state index contributed by atoms with van der Waals surface area (Å²) in [7, 11) is 1.96. The molecule has 0 aromatic carbocycles. The van der Waals surface area contributed by atoms with E-state index in [9.17, 15) is 4.79 Å². The molecular formula is C14H27NO2. The predicted octanol–water partition coefficient (Wildman–Crippen LogP) is 3.14. The zero-order valence-electron chi connectivity index (χ0n) is 11.5. The average molecular weight is 241 g/mol. The fraction of sp³-hybridized carbons (Fsp3) is 0.929. The van der Waals surface area contributed by atoms with Gasteiger partial charge in [-0.3, -0.25) is 9.69 Å². The van der Waals surface area contributed by atoms with E-state index in [1.165, 1.54) is 38.5 Å².